The number of halogens is 3. The van der Waals surface area contributed by atoms with Gasteiger partial charge in [0.2, 0.25) is 0 Å². The van der Waals surface area contributed by atoms with Crippen LogP contribution in [0.5, 0.6) is 0 Å². The number of aromatic nitrogens is 2. The number of aliphatic hydroxyl groups is 1. The highest BCUT2D eigenvalue weighted by atomic mass is 19.4. The lowest BCUT2D eigenvalue weighted by atomic mass is 10.2. The van der Waals surface area contributed by atoms with Crippen molar-refractivity contribution >= 4 is 0 Å². The molecule has 15 heavy (non-hydrogen) atoms. The van der Waals surface area contributed by atoms with Crippen LogP contribution in [-0.2, 0) is 6.42 Å². The highest BCUT2D eigenvalue weighted by Gasteiger charge is 2.38. The average molecular weight is 222 g/mol. The highest BCUT2D eigenvalue weighted by molar-refractivity contribution is 5.03. The monoisotopic (exact) mass is 222 g/mol. The summed E-state index contributed by atoms with van der Waals surface area (Å²) < 4.78 is 37.7. The van der Waals surface area contributed by atoms with Crippen molar-refractivity contribution in [1.82, 2.24) is 9.78 Å². The quantitative estimate of drug-likeness (QED) is 0.848. The van der Waals surface area contributed by atoms with E-state index in [-0.39, 0.29) is 6.04 Å². The maximum absolute atomic E-state index is 12.1. The summed E-state index contributed by atoms with van der Waals surface area (Å²) in [6.07, 6.45) is -5.93. The maximum atomic E-state index is 12.1. The van der Waals surface area contributed by atoms with E-state index < -0.39 is 18.7 Å². The van der Waals surface area contributed by atoms with E-state index in [1.54, 1.807) is 0 Å². The maximum Gasteiger partial charge on any atom is 0.414 e. The summed E-state index contributed by atoms with van der Waals surface area (Å²) in [4.78, 5) is 0. The molecular weight excluding hydrogens is 209 g/mol. The van der Waals surface area contributed by atoms with E-state index in [2.05, 4.69) is 5.10 Å². The second-order valence-electron chi connectivity index (χ2n) is 3.62. The van der Waals surface area contributed by atoms with Crippen LogP contribution in [0.3, 0.4) is 0 Å². The zero-order chi connectivity index (χ0) is 11.6. The molecule has 0 aliphatic heterocycles. The first kappa shape index (κ1) is 12.0. The van der Waals surface area contributed by atoms with Gasteiger partial charge in [-0.05, 0) is 19.9 Å². The van der Waals surface area contributed by atoms with E-state index in [1.807, 2.05) is 13.8 Å². The third-order valence-electron chi connectivity index (χ3n) is 2.02. The van der Waals surface area contributed by atoms with E-state index >= 15 is 0 Å². The van der Waals surface area contributed by atoms with Crippen molar-refractivity contribution in [1.29, 1.82) is 0 Å². The molecule has 1 heterocycles. The van der Waals surface area contributed by atoms with Gasteiger partial charge in [0, 0.05) is 24.4 Å². The number of nitrogens with zero attached hydrogens (tertiary/aromatic N) is 2. The van der Waals surface area contributed by atoms with E-state index in [1.165, 1.54) is 16.9 Å². The van der Waals surface area contributed by atoms with Gasteiger partial charge in [0.15, 0.2) is 6.10 Å². The molecule has 1 unspecified atom stereocenters. The Hall–Kier alpha value is -1.04. The van der Waals surface area contributed by atoms with E-state index in [9.17, 15) is 13.2 Å². The summed E-state index contributed by atoms with van der Waals surface area (Å²) in [5.41, 5.74) is 0.384. The van der Waals surface area contributed by atoms with Crippen LogP contribution in [-0.4, -0.2) is 27.2 Å². The highest BCUT2D eigenvalue weighted by Crippen LogP contribution is 2.23. The van der Waals surface area contributed by atoms with Crippen molar-refractivity contribution in [2.45, 2.75) is 38.6 Å². The standard InChI is InChI=1S/C9H13F3N2O/c1-6(2)14-7(3-4-13-14)5-8(15)9(10,11)12/h3-4,6,8,15H,5H2,1-2H3. The predicted octanol–water partition coefficient (Wildman–Crippen LogP) is 1.93. The topological polar surface area (TPSA) is 38.0 Å². The zero-order valence-electron chi connectivity index (χ0n) is 8.49. The number of alkyl halides is 3. The SMILES string of the molecule is CC(C)n1nccc1CC(O)C(F)(F)F. The molecule has 3 nitrogen and oxygen atoms in total. The van der Waals surface area contributed by atoms with Crippen molar-refractivity contribution in [2.75, 3.05) is 0 Å². The fraction of sp³-hybridized carbons (Fsp3) is 0.667. The van der Waals surface area contributed by atoms with Crippen LogP contribution < -0.4 is 0 Å². The van der Waals surface area contributed by atoms with Gasteiger partial charge >= 0.3 is 6.18 Å². The molecule has 1 aromatic heterocycles. The molecule has 1 aromatic rings. The van der Waals surface area contributed by atoms with Crippen LogP contribution >= 0.6 is 0 Å². The molecule has 0 saturated carbocycles. The first-order chi connectivity index (χ1) is 6.82. The molecule has 0 saturated heterocycles. The summed E-state index contributed by atoms with van der Waals surface area (Å²) in [6.45, 7) is 3.63. The van der Waals surface area contributed by atoms with Gasteiger partial charge in [-0.25, -0.2) is 0 Å². The van der Waals surface area contributed by atoms with Gasteiger partial charge in [-0.2, -0.15) is 18.3 Å². The van der Waals surface area contributed by atoms with Crippen molar-refractivity contribution in [3.05, 3.63) is 18.0 Å². The van der Waals surface area contributed by atoms with Gasteiger partial charge in [0.05, 0.1) is 0 Å². The predicted molar refractivity (Wildman–Crippen MR) is 48.4 cm³/mol. The lowest BCUT2D eigenvalue weighted by Crippen LogP contribution is -2.31. The minimum absolute atomic E-state index is 0.0181. The smallest absolute Gasteiger partial charge is 0.383 e. The van der Waals surface area contributed by atoms with Crippen LogP contribution in [0.4, 0.5) is 13.2 Å². The first-order valence-corrected chi connectivity index (χ1v) is 4.59. The number of aliphatic hydroxyl groups excluding tert-OH is 1. The molecule has 0 amide bonds. The Kier molecular flexibility index (Phi) is 3.38. The lowest BCUT2D eigenvalue weighted by Gasteiger charge is -2.16. The molecule has 0 fully saturated rings. The Morgan fingerprint density at radius 2 is 2.07 bits per heavy atom. The van der Waals surface area contributed by atoms with Crippen molar-refractivity contribution in [3.8, 4) is 0 Å². The number of hydrogen-bond acceptors (Lipinski definition) is 2. The zero-order valence-corrected chi connectivity index (χ0v) is 8.49. The Bertz CT molecular complexity index is 319. The van der Waals surface area contributed by atoms with Crippen LogP contribution in [0.25, 0.3) is 0 Å². The summed E-state index contributed by atoms with van der Waals surface area (Å²) in [7, 11) is 0. The van der Waals surface area contributed by atoms with Crippen molar-refractivity contribution < 1.29 is 18.3 Å². The number of rotatable bonds is 3. The fourth-order valence-corrected chi connectivity index (χ4v) is 1.28. The lowest BCUT2D eigenvalue weighted by molar-refractivity contribution is -0.203. The van der Waals surface area contributed by atoms with E-state index in [4.69, 9.17) is 5.11 Å². The third kappa shape index (κ3) is 2.95. The fourth-order valence-electron chi connectivity index (χ4n) is 1.28. The van der Waals surface area contributed by atoms with E-state index in [0.717, 1.165) is 0 Å². The molecule has 0 radical (unpaired) electrons. The van der Waals surface area contributed by atoms with Gasteiger partial charge in [0.1, 0.15) is 0 Å². The van der Waals surface area contributed by atoms with Gasteiger partial charge in [-0.1, -0.05) is 0 Å². The molecule has 0 aliphatic carbocycles. The minimum Gasteiger partial charge on any atom is -0.383 e. The summed E-state index contributed by atoms with van der Waals surface area (Å²) in [5, 5.41) is 12.8. The first-order valence-electron chi connectivity index (χ1n) is 4.59. The van der Waals surface area contributed by atoms with Crippen LogP contribution in [0.1, 0.15) is 25.6 Å². The summed E-state index contributed by atoms with van der Waals surface area (Å²) in [5.74, 6) is 0. The van der Waals surface area contributed by atoms with E-state index in [0.29, 0.717) is 5.69 Å². The second-order valence-corrected chi connectivity index (χ2v) is 3.62. The molecule has 1 atom stereocenters. The van der Waals surface area contributed by atoms with Gasteiger partial charge in [-0.15, -0.1) is 0 Å². The molecule has 0 aliphatic rings. The second kappa shape index (κ2) is 4.22. The summed E-state index contributed by atoms with van der Waals surface area (Å²) in [6, 6.07) is 1.46. The van der Waals surface area contributed by atoms with Crippen LogP contribution in [0, 0.1) is 0 Å². The number of hydrogen-bond donors (Lipinski definition) is 1. The third-order valence-corrected chi connectivity index (χ3v) is 2.02. The Morgan fingerprint density at radius 3 is 2.53 bits per heavy atom. The molecule has 86 valence electrons. The Labute approximate surface area is 85.5 Å². The van der Waals surface area contributed by atoms with Crippen molar-refractivity contribution in [3.63, 3.8) is 0 Å². The molecule has 1 rings (SSSR count). The van der Waals surface area contributed by atoms with Crippen molar-refractivity contribution in [2.24, 2.45) is 0 Å². The van der Waals surface area contributed by atoms with Crippen LogP contribution in [0.15, 0.2) is 12.3 Å². The summed E-state index contributed by atoms with van der Waals surface area (Å²) >= 11 is 0. The van der Waals surface area contributed by atoms with Gasteiger partial charge in [0.25, 0.3) is 0 Å². The molecule has 0 bridgehead atoms. The molecule has 0 aromatic carbocycles. The molecular formula is C9H13F3N2O. The average Bonchev–Trinajstić information content (AvgIpc) is 2.50. The minimum atomic E-state index is -4.58. The molecule has 6 heteroatoms. The Balaban J connectivity index is 2.77. The Morgan fingerprint density at radius 1 is 1.47 bits per heavy atom. The van der Waals surface area contributed by atoms with Gasteiger partial charge < -0.3 is 5.11 Å². The van der Waals surface area contributed by atoms with Crippen LogP contribution in [0.2, 0.25) is 0 Å². The largest absolute Gasteiger partial charge is 0.414 e. The molecule has 1 N–H and O–H groups in total. The van der Waals surface area contributed by atoms with Gasteiger partial charge in [-0.3, -0.25) is 4.68 Å². The molecule has 0 spiro atoms. The normalized spacial score (nSPS) is 14.6.